The van der Waals surface area contributed by atoms with Crippen LogP contribution in [0.15, 0.2) is 44.5 Å². The Labute approximate surface area is 144 Å². The first-order valence-corrected chi connectivity index (χ1v) is 9.76. The highest BCUT2D eigenvalue weighted by Crippen LogP contribution is 2.31. The fraction of sp³-hybridized carbons (Fsp3) is 0.333. The summed E-state index contributed by atoms with van der Waals surface area (Å²) in [7, 11) is -3.74. The van der Waals surface area contributed by atoms with Crippen molar-refractivity contribution in [1.82, 2.24) is 10.6 Å². The number of amides is 2. The lowest BCUT2D eigenvalue weighted by molar-refractivity contribution is -0.139. The van der Waals surface area contributed by atoms with Gasteiger partial charge in [-0.2, -0.15) is 0 Å². The van der Waals surface area contributed by atoms with Crippen molar-refractivity contribution in [3.8, 4) is 0 Å². The smallest absolute Gasteiger partial charge is 0.309 e. The van der Waals surface area contributed by atoms with Gasteiger partial charge in [0.2, 0.25) is 0 Å². The van der Waals surface area contributed by atoms with E-state index in [1.165, 1.54) is 18.4 Å². The average Bonchev–Trinajstić information content (AvgIpc) is 3.25. The van der Waals surface area contributed by atoms with Crippen molar-refractivity contribution in [2.75, 3.05) is 13.1 Å². The summed E-state index contributed by atoms with van der Waals surface area (Å²) < 4.78 is 30.9. The van der Waals surface area contributed by atoms with E-state index in [0.29, 0.717) is 13.0 Å². The van der Waals surface area contributed by atoms with Crippen LogP contribution in [0, 0.1) is 0 Å². The maximum atomic E-state index is 12.7. The fourth-order valence-corrected chi connectivity index (χ4v) is 4.78. The standard InChI is InChI=1S/C15H18N2O5S2/c1-2-7-16-14(18)15(19)17-10-12(11-5-3-8-22-11)24(20,21)13-6-4-9-23-13/h3-6,8-9,12H,2,7,10H2,1H3,(H,16,18)(H,17,19)/t12-/m0/s1. The molecular formula is C15H18N2O5S2. The SMILES string of the molecule is CCCNC(=O)C(=O)NC[C@@H](c1ccco1)S(=O)(=O)c1cccs1. The summed E-state index contributed by atoms with van der Waals surface area (Å²) in [6.45, 7) is 1.98. The first-order chi connectivity index (χ1) is 11.5. The normalized spacial score (nSPS) is 12.5. The highest BCUT2D eigenvalue weighted by molar-refractivity contribution is 7.93. The Morgan fingerprint density at radius 3 is 2.54 bits per heavy atom. The van der Waals surface area contributed by atoms with Gasteiger partial charge in [0.05, 0.1) is 6.26 Å². The zero-order chi connectivity index (χ0) is 17.6. The third-order valence-electron chi connectivity index (χ3n) is 3.20. The molecule has 0 aliphatic rings. The molecule has 2 aromatic heterocycles. The Morgan fingerprint density at radius 1 is 1.21 bits per heavy atom. The molecule has 0 unspecified atom stereocenters. The second-order valence-corrected chi connectivity index (χ2v) is 8.25. The van der Waals surface area contributed by atoms with Gasteiger partial charge < -0.3 is 15.1 Å². The van der Waals surface area contributed by atoms with E-state index < -0.39 is 26.9 Å². The van der Waals surface area contributed by atoms with Gasteiger partial charge in [-0.25, -0.2) is 8.42 Å². The average molecular weight is 370 g/mol. The predicted molar refractivity (Wildman–Crippen MR) is 89.3 cm³/mol. The number of thiophene rings is 1. The second kappa shape index (κ2) is 8.11. The second-order valence-electron chi connectivity index (χ2n) is 4.95. The monoisotopic (exact) mass is 370 g/mol. The van der Waals surface area contributed by atoms with E-state index in [-0.39, 0.29) is 16.5 Å². The van der Waals surface area contributed by atoms with Gasteiger partial charge in [0, 0.05) is 13.1 Å². The van der Waals surface area contributed by atoms with Crippen LogP contribution in [0.1, 0.15) is 24.4 Å². The number of rotatable bonds is 7. The van der Waals surface area contributed by atoms with Crippen LogP contribution in [-0.4, -0.2) is 33.3 Å². The van der Waals surface area contributed by atoms with Crippen LogP contribution in [0.5, 0.6) is 0 Å². The summed E-state index contributed by atoms with van der Waals surface area (Å²) in [5, 5.41) is 5.35. The minimum Gasteiger partial charge on any atom is -0.468 e. The lowest BCUT2D eigenvalue weighted by Gasteiger charge is -2.15. The molecule has 0 saturated heterocycles. The molecule has 0 aliphatic carbocycles. The summed E-state index contributed by atoms with van der Waals surface area (Å²) in [5.41, 5.74) is 0. The highest BCUT2D eigenvalue weighted by Gasteiger charge is 2.33. The van der Waals surface area contributed by atoms with Crippen LogP contribution in [0.2, 0.25) is 0 Å². The van der Waals surface area contributed by atoms with Gasteiger partial charge in [-0.05, 0) is 30.0 Å². The molecule has 0 aromatic carbocycles. The minimum absolute atomic E-state index is 0.175. The van der Waals surface area contributed by atoms with Crippen molar-refractivity contribution in [2.24, 2.45) is 0 Å². The molecule has 0 saturated carbocycles. The first-order valence-electron chi connectivity index (χ1n) is 7.33. The number of carbonyl (C=O) groups excluding carboxylic acids is 2. The molecule has 24 heavy (non-hydrogen) atoms. The molecule has 7 nitrogen and oxygen atoms in total. The molecule has 2 rings (SSSR count). The van der Waals surface area contributed by atoms with Crippen LogP contribution in [-0.2, 0) is 19.4 Å². The molecule has 130 valence electrons. The van der Waals surface area contributed by atoms with Gasteiger partial charge in [0.25, 0.3) is 0 Å². The Hall–Kier alpha value is -2.13. The van der Waals surface area contributed by atoms with Crippen molar-refractivity contribution in [3.05, 3.63) is 41.7 Å². The van der Waals surface area contributed by atoms with Crippen molar-refractivity contribution in [1.29, 1.82) is 0 Å². The predicted octanol–water partition coefficient (Wildman–Crippen LogP) is 1.50. The summed E-state index contributed by atoms with van der Waals surface area (Å²) in [6.07, 6.45) is 2.06. The Bertz CT molecular complexity index is 767. The first kappa shape index (κ1) is 18.2. The summed E-state index contributed by atoms with van der Waals surface area (Å²) in [4.78, 5) is 23.4. The molecule has 2 N–H and O–H groups in total. The Balaban J connectivity index is 2.14. The van der Waals surface area contributed by atoms with Crippen LogP contribution in [0.4, 0.5) is 0 Å². The van der Waals surface area contributed by atoms with Crippen molar-refractivity contribution < 1.29 is 22.4 Å². The number of furan rings is 1. The van der Waals surface area contributed by atoms with Crippen LogP contribution in [0.3, 0.4) is 0 Å². The molecule has 0 radical (unpaired) electrons. The quantitative estimate of drug-likeness (QED) is 0.719. The zero-order valence-electron chi connectivity index (χ0n) is 13.0. The van der Waals surface area contributed by atoms with Crippen molar-refractivity contribution >= 4 is 33.0 Å². The van der Waals surface area contributed by atoms with E-state index in [0.717, 1.165) is 11.3 Å². The number of sulfone groups is 1. The summed E-state index contributed by atoms with van der Waals surface area (Å²) in [5.74, 6) is -1.46. The Morgan fingerprint density at radius 2 is 1.96 bits per heavy atom. The Kier molecular flexibility index (Phi) is 6.16. The van der Waals surface area contributed by atoms with E-state index in [4.69, 9.17) is 4.42 Å². The molecule has 2 amide bonds. The van der Waals surface area contributed by atoms with Gasteiger partial charge in [0.1, 0.15) is 15.2 Å². The van der Waals surface area contributed by atoms with Gasteiger partial charge in [-0.1, -0.05) is 13.0 Å². The zero-order valence-corrected chi connectivity index (χ0v) is 14.7. The number of carbonyl (C=O) groups is 2. The van der Waals surface area contributed by atoms with E-state index in [9.17, 15) is 18.0 Å². The molecule has 1 atom stereocenters. The van der Waals surface area contributed by atoms with Crippen LogP contribution < -0.4 is 10.6 Å². The van der Waals surface area contributed by atoms with Crippen LogP contribution in [0.25, 0.3) is 0 Å². The topological polar surface area (TPSA) is 105 Å². The maximum absolute atomic E-state index is 12.7. The number of nitrogens with one attached hydrogen (secondary N) is 2. The van der Waals surface area contributed by atoms with E-state index >= 15 is 0 Å². The van der Waals surface area contributed by atoms with E-state index in [1.54, 1.807) is 17.5 Å². The van der Waals surface area contributed by atoms with Gasteiger partial charge >= 0.3 is 11.8 Å². The third-order valence-corrected chi connectivity index (χ3v) is 6.69. The minimum atomic E-state index is -3.74. The number of hydrogen-bond acceptors (Lipinski definition) is 6. The molecule has 2 aromatic rings. The summed E-state index contributed by atoms with van der Waals surface area (Å²) >= 11 is 1.09. The molecule has 0 bridgehead atoms. The van der Waals surface area contributed by atoms with Gasteiger partial charge in [0.15, 0.2) is 9.84 Å². The third kappa shape index (κ3) is 4.24. The molecule has 0 spiro atoms. The fourth-order valence-electron chi connectivity index (χ4n) is 1.99. The summed E-state index contributed by atoms with van der Waals surface area (Å²) in [6, 6.07) is 6.22. The molecule has 2 heterocycles. The van der Waals surface area contributed by atoms with Gasteiger partial charge in [-0.3, -0.25) is 9.59 Å². The molecule has 0 aliphatic heterocycles. The van der Waals surface area contributed by atoms with Crippen LogP contribution >= 0.6 is 11.3 Å². The molecular weight excluding hydrogens is 352 g/mol. The van der Waals surface area contributed by atoms with Crippen molar-refractivity contribution in [2.45, 2.75) is 22.8 Å². The van der Waals surface area contributed by atoms with Crippen molar-refractivity contribution in [3.63, 3.8) is 0 Å². The highest BCUT2D eigenvalue weighted by atomic mass is 32.2. The largest absolute Gasteiger partial charge is 0.468 e. The van der Waals surface area contributed by atoms with E-state index in [1.807, 2.05) is 6.92 Å². The molecule has 9 heteroatoms. The lowest BCUT2D eigenvalue weighted by Crippen LogP contribution is -2.42. The maximum Gasteiger partial charge on any atom is 0.309 e. The van der Waals surface area contributed by atoms with Gasteiger partial charge in [-0.15, -0.1) is 11.3 Å². The molecule has 0 fully saturated rings. The number of hydrogen-bond donors (Lipinski definition) is 2. The lowest BCUT2D eigenvalue weighted by atomic mass is 10.3. The van der Waals surface area contributed by atoms with E-state index in [2.05, 4.69) is 10.6 Å².